The molecule has 1 atom stereocenters. The highest BCUT2D eigenvalue weighted by atomic mass is 32.1. The van der Waals surface area contributed by atoms with Crippen LogP contribution >= 0.6 is 11.3 Å². The molecule has 1 unspecified atom stereocenters. The minimum Gasteiger partial charge on any atom is -0.345 e. The number of piperazine rings is 1. The first kappa shape index (κ1) is 14.7. The summed E-state index contributed by atoms with van der Waals surface area (Å²) in [6, 6.07) is 8.26. The molecule has 0 radical (unpaired) electrons. The molecule has 5 heteroatoms. The number of anilines is 1. The van der Waals surface area contributed by atoms with Crippen LogP contribution in [-0.4, -0.2) is 42.0 Å². The third-order valence-electron chi connectivity index (χ3n) is 4.76. The van der Waals surface area contributed by atoms with Crippen molar-refractivity contribution >= 4 is 32.6 Å². The fourth-order valence-electron chi connectivity index (χ4n) is 3.39. The molecule has 1 fully saturated rings. The van der Waals surface area contributed by atoms with E-state index in [-0.39, 0.29) is 5.92 Å². The van der Waals surface area contributed by atoms with E-state index in [1.807, 2.05) is 11.0 Å². The average molecular weight is 327 g/mol. The van der Waals surface area contributed by atoms with Crippen LogP contribution in [0.25, 0.3) is 10.2 Å². The van der Waals surface area contributed by atoms with Crippen LogP contribution in [-0.2, 0) is 4.79 Å². The van der Waals surface area contributed by atoms with Crippen molar-refractivity contribution in [2.45, 2.75) is 19.3 Å². The van der Waals surface area contributed by atoms with E-state index >= 15 is 0 Å². The van der Waals surface area contributed by atoms with Gasteiger partial charge in [0.1, 0.15) is 0 Å². The van der Waals surface area contributed by atoms with Crippen molar-refractivity contribution in [2.75, 3.05) is 31.1 Å². The normalized spacial score (nSPS) is 21.8. The fraction of sp³-hybridized carbons (Fsp3) is 0.444. The smallest absolute Gasteiger partial charge is 0.226 e. The number of thiazole rings is 1. The Morgan fingerprint density at radius 1 is 1.13 bits per heavy atom. The van der Waals surface area contributed by atoms with Crippen LogP contribution in [0.5, 0.6) is 0 Å². The molecule has 4 rings (SSSR count). The molecule has 0 N–H and O–H groups in total. The molecule has 1 amide bonds. The highest BCUT2D eigenvalue weighted by Crippen LogP contribution is 2.29. The lowest BCUT2D eigenvalue weighted by molar-refractivity contribution is -0.136. The van der Waals surface area contributed by atoms with Crippen molar-refractivity contribution in [1.82, 2.24) is 9.88 Å². The molecule has 1 aliphatic carbocycles. The molecule has 0 saturated carbocycles. The van der Waals surface area contributed by atoms with Crippen LogP contribution in [0.2, 0.25) is 0 Å². The molecule has 1 aliphatic heterocycles. The summed E-state index contributed by atoms with van der Waals surface area (Å²) in [5, 5.41) is 1.08. The molecule has 0 spiro atoms. The minimum absolute atomic E-state index is 0.203. The first-order valence-corrected chi connectivity index (χ1v) is 9.17. The summed E-state index contributed by atoms with van der Waals surface area (Å²) in [5.41, 5.74) is 1.07. The molecular weight excluding hydrogens is 306 g/mol. The zero-order valence-electron chi connectivity index (χ0n) is 13.1. The van der Waals surface area contributed by atoms with E-state index in [4.69, 9.17) is 4.98 Å². The topological polar surface area (TPSA) is 36.4 Å². The van der Waals surface area contributed by atoms with Gasteiger partial charge >= 0.3 is 0 Å². The molecular formula is C18H21N3OS. The van der Waals surface area contributed by atoms with Crippen molar-refractivity contribution in [3.63, 3.8) is 0 Å². The summed E-state index contributed by atoms with van der Waals surface area (Å²) >= 11 is 1.74. The maximum atomic E-state index is 12.6. The van der Waals surface area contributed by atoms with E-state index in [0.717, 1.165) is 56.1 Å². The number of benzene rings is 1. The minimum atomic E-state index is 0.203. The molecule has 2 heterocycles. The van der Waals surface area contributed by atoms with Crippen molar-refractivity contribution in [1.29, 1.82) is 0 Å². The Morgan fingerprint density at radius 2 is 1.96 bits per heavy atom. The third-order valence-corrected chi connectivity index (χ3v) is 5.86. The zero-order valence-corrected chi connectivity index (χ0v) is 14.0. The second-order valence-corrected chi connectivity index (χ2v) is 7.27. The molecule has 4 nitrogen and oxygen atoms in total. The lowest BCUT2D eigenvalue weighted by Gasteiger charge is -2.36. The molecule has 23 heavy (non-hydrogen) atoms. The maximum absolute atomic E-state index is 12.6. The number of para-hydroxylation sites is 1. The standard InChI is InChI=1S/C18H21N3OS/c22-17(14-6-2-1-3-7-14)20-10-12-21(13-11-20)18-19-15-8-4-5-9-16(15)23-18/h1-2,4-5,8-9,14H,3,6-7,10-13H2. The van der Waals surface area contributed by atoms with Gasteiger partial charge in [0, 0.05) is 32.1 Å². The number of carbonyl (C=O) groups excluding carboxylic acids is 1. The van der Waals surface area contributed by atoms with Gasteiger partial charge in [0.15, 0.2) is 5.13 Å². The lowest BCUT2D eigenvalue weighted by atomic mass is 9.93. The molecule has 0 bridgehead atoms. The number of nitrogens with zero attached hydrogens (tertiary/aromatic N) is 3. The Morgan fingerprint density at radius 3 is 2.70 bits per heavy atom. The van der Waals surface area contributed by atoms with E-state index in [2.05, 4.69) is 35.3 Å². The molecule has 1 aromatic heterocycles. The van der Waals surface area contributed by atoms with Crippen molar-refractivity contribution in [3.8, 4) is 0 Å². The predicted octanol–water partition coefficient (Wildman–Crippen LogP) is 3.30. The Kier molecular flexibility index (Phi) is 4.04. The van der Waals surface area contributed by atoms with Crippen LogP contribution < -0.4 is 4.90 Å². The zero-order chi connectivity index (χ0) is 15.6. The van der Waals surface area contributed by atoms with Crippen molar-refractivity contribution in [3.05, 3.63) is 36.4 Å². The summed E-state index contributed by atoms with van der Waals surface area (Å²) < 4.78 is 1.23. The van der Waals surface area contributed by atoms with E-state index in [1.54, 1.807) is 11.3 Å². The van der Waals surface area contributed by atoms with Gasteiger partial charge in [0.25, 0.3) is 0 Å². The third kappa shape index (κ3) is 2.98. The van der Waals surface area contributed by atoms with E-state index in [9.17, 15) is 4.79 Å². The monoisotopic (exact) mass is 327 g/mol. The van der Waals surface area contributed by atoms with Gasteiger partial charge in [0.05, 0.1) is 10.2 Å². The van der Waals surface area contributed by atoms with Gasteiger partial charge in [-0.15, -0.1) is 0 Å². The first-order chi connectivity index (χ1) is 11.3. The van der Waals surface area contributed by atoms with Gasteiger partial charge in [-0.2, -0.15) is 0 Å². The van der Waals surface area contributed by atoms with Gasteiger partial charge in [0.2, 0.25) is 5.91 Å². The van der Waals surface area contributed by atoms with E-state index < -0.39 is 0 Å². The molecule has 2 aromatic rings. The number of aromatic nitrogens is 1. The maximum Gasteiger partial charge on any atom is 0.226 e. The SMILES string of the molecule is O=C(C1CC=CCC1)N1CCN(c2nc3ccccc3s2)CC1. The number of allylic oxidation sites excluding steroid dienone is 2. The summed E-state index contributed by atoms with van der Waals surface area (Å²) in [7, 11) is 0. The first-order valence-electron chi connectivity index (χ1n) is 8.35. The molecule has 1 aromatic carbocycles. The Labute approximate surface area is 140 Å². The number of fused-ring (bicyclic) bond motifs is 1. The molecule has 120 valence electrons. The predicted molar refractivity (Wildman–Crippen MR) is 94.9 cm³/mol. The van der Waals surface area contributed by atoms with Crippen LogP contribution in [0.15, 0.2) is 36.4 Å². The quantitative estimate of drug-likeness (QED) is 0.794. The van der Waals surface area contributed by atoms with Gasteiger partial charge in [-0.25, -0.2) is 4.98 Å². The Balaban J connectivity index is 1.40. The van der Waals surface area contributed by atoms with Gasteiger partial charge in [-0.05, 0) is 31.4 Å². The fourth-order valence-corrected chi connectivity index (χ4v) is 4.41. The highest BCUT2D eigenvalue weighted by molar-refractivity contribution is 7.22. The lowest BCUT2D eigenvalue weighted by Crippen LogP contribution is -2.50. The Hall–Kier alpha value is -1.88. The average Bonchev–Trinajstić information content (AvgIpc) is 3.06. The van der Waals surface area contributed by atoms with Crippen molar-refractivity contribution in [2.24, 2.45) is 5.92 Å². The second-order valence-electron chi connectivity index (χ2n) is 6.26. The molecule has 2 aliphatic rings. The van der Waals surface area contributed by atoms with Gasteiger partial charge < -0.3 is 9.80 Å². The number of carbonyl (C=O) groups is 1. The van der Waals surface area contributed by atoms with Gasteiger partial charge in [-0.1, -0.05) is 35.6 Å². The van der Waals surface area contributed by atoms with Crippen LogP contribution in [0.1, 0.15) is 19.3 Å². The van der Waals surface area contributed by atoms with Crippen LogP contribution in [0.4, 0.5) is 5.13 Å². The van der Waals surface area contributed by atoms with Crippen LogP contribution in [0.3, 0.4) is 0 Å². The Bertz CT molecular complexity index is 698. The largest absolute Gasteiger partial charge is 0.345 e. The number of amides is 1. The van der Waals surface area contributed by atoms with Crippen molar-refractivity contribution < 1.29 is 4.79 Å². The second kappa shape index (κ2) is 6.32. The summed E-state index contributed by atoms with van der Waals surface area (Å²) in [6.07, 6.45) is 7.31. The summed E-state index contributed by atoms with van der Waals surface area (Å²) in [6.45, 7) is 3.40. The summed E-state index contributed by atoms with van der Waals surface area (Å²) in [5.74, 6) is 0.548. The summed E-state index contributed by atoms with van der Waals surface area (Å²) in [4.78, 5) is 21.7. The number of hydrogen-bond acceptors (Lipinski definition) is 4. The van der Waals surface area contributed by atoms with Gasteiger partial charge in [-0.3, -0.25) is 4.79 Å². The van der Waals surface area contributed by atoms with E-state index in [0.29, 0.717) is 5.91 Å². The number of rotatable bonds is 2. The van der Waals surface area contributed by atoms with Crippen LogP contribution in [0, 0.1) is 5.92 Å². The molecule has 1 saturated heterocycles. The van der Waals surface area contributed by atoms with E-state index in [1.165, 1.54) is 4.70 Å². The highest BCUT2D eigenvalue weighted by Gasteiger charge is 2.28. The number of hydrogen-bond donors (Lipinski definition) is 0.